The molecule has 9 heteroatoms. The number of nitrogens with one attached hydrogen (secondary N) is 2. The summed E-state index contributed by atoms with van der Waals surface area (Å²) >= 11 is 3.29. The van der Waals surface area contributed by atoms with Crippen molar-refractivity contribution in [2.45, 2.75) is 0 Å². The molecule has 3 rings (SSSR count). The van der Waals surface area contributed by atoms with Crippen LogP contribution in [0, 0.1) is 11.6 Å². The van der Waals surface area contributed by atoms with Crippen LogP contribution >= 0.6 is 15.9 Å². The zero-order chi connectivity index (χ0) is 16.4. The number of nitrogens with zero attached hydrogens (tertiary/aromatic N) is 3. The third-order valence-corrected chi connectivity index (χ3v) is 3.49. The summed E-state index contributed by atoms with van der Waals surface area (Å²) in [6.07, 6.45) is 0. The van der Waals surface area contributed by atoms with E-state index in [-0.39, 0.29) is 11.4 Å². The summed E-state index contributed by atoms with van der Waals surface area (Å²) in [7, 11) is 0. The lowest BCUT2D eigenvalue weighted by molar-refractivity contribution is 0.102. The van der Waals surface area contributed by atoms with Gasteiger partial charge >= 0.3 is 0 Å². The molecule has 0 spiro atoms. The highest BCUT2D eigenvalue weighted by Crippen LogP contribution is 2.28. The fourth-order valence-corrected chi connectivity index (χ4v) is 2.32. The summed E-state index contributed by atoms with van der Waals surface area (Å²) in [5, 5.41) is 16.0. The predicted octanol–water partition coefficient (Wildman–Crippen LogP) is 3.16. The van der Waals surface area contributed by atoms with Crippen molar-refractivity contribution in [1.29, 1.82) is 0 Å². The Bertz CT molecular complexity index is 870. The van der Waals surface area contributed by atoms with Crippen molar-refractivity contribution < 1.29 is 13.6 Å². The van der Waals surface area contributed by atoms with E-state index in [9.17, 15) is 13.6 Å². The van der Waals surface area contributed by atoms with E-state index in [4.69, 9.17) is 0 Å². The predicted molar refractivity (Wildman–Crippen MR) is 81.6 cm³/mol. The van der Waals surface area contributed by atoms with Crippen LogP contribution in [0.2, 0.25) is 0 Å². The fraction of sp³-hybridized carbons (Fsp3) is 0. The molecule has 6 nitrogen and oxygen atoms in total. The largest absolute Gasteiger partial charge is 0.321 e. The standard InChI is InChI=1S/C14H8BrF2N5O/c15-7-1-3-10(13-19-21-22-20-13)12(5-7)18-14(23)9-4-2-8(16)6-11(9)17/h1-6H,(H,18,23)(H,19,20,21,22). The number of rotatable bonds is 3. The van der Waals surface area contributed by atoms with Crippen molar-refractivity contribution in [3.63, 3.8) is 0 Å². The monoisotopic (exact) mass is 379 g/mol. The zero-order valence-corrected chi connectivity index (χ0v) is 12.9. The zero-order valence-electron chi connectivity index (χ0n) is 11.3. The number of benzene rings is 2. The van der Waals surface area contributed by atoms with E-state index in [1.54, 1.807) is 18.2 Å². The van der Waals surface area contributed by atoms with Gasteiger partial charge in [0.15, 0.2) is 0 Å². The van der Waals surface area contributed by atoms with Gasteiger partial charge in [-0.1, -0.05) is 15.9 Å². The first-order valence-electron chi connectivity index (χ1n) is 6.34. The first-order valence-corrected chi connectivity index (χ1v) is 7.13. The first-order chi connectivity index (χ1) is 11.0. The Kier molecular flexibility index (Phi) is 4.11. The number of H-pyrrole nitrogens is 1. The van der Waals surface area contributed by atoms with Crippen LogP contribution in [-0.4, -0.2) is 26.5 Å². The minimum absolute atomic E-state index is 0.271. The van der Waals surface area contributed by atoms with Crippen molar-refractivity contribution in [2.24, 2.45) is 0 Å². The molecule has 1 heterocycles. The van der Waals surface area contributed by atoms with Crippen molar-refractivity contribution in [3.8, 4) is 11.4 Å². The Morgan fingerprint density at radius 2 is 2.00 bits per heavy atom. The van der Waals surface area contributed by atoms with Gasteiger partial charge in [0.2, 0.25) is 5.82 Å². The maximum absolute atomic E-state index is 13.7. The van der Waals surface area contributed by atoms with Crippen molar-refractivity contribution in [2.75, 3.05) is 5.32 Å². The van der Waals surface area contributed by atoms with Gasteiger partial charge in [0.1, 0.15) is 11.6 Å². The number of hydrogen-bond acceptors (Lipinski definition) is 4. The molecule has 0 saturated heterocycles. The molecule has 116 valence electrons. The van der Waals surface area contributed by atoms with Crippen LogP contribution in [0.4, 0.5) is 14.5 Å². The lowest BCUT2D eigenvalue weighted by Crippen LogP contribution is -2.14. The van der Waals surface area contributed by atoms with Gasteiger partial charge in [0.25, 0.3) is 5.91 Å². The van der Waals surface area contributed by atoms with Crippen molar-refractivity contribution >= 4 is 27.5 Å². The number of aromatic nitrogens is 4. The Morgan fingerprint density at radius 1 is 1.17 bits per heavy atom. The number of amides is 1. The quantitative estimate of drug-likeness (QED) is 0.731. The summed E-state index contributed by atoms with van der Waals surface area (Å²) in [4.78, 5) is 12.2. The smallest absolute Gasteiger partial charge is 0.258 e. The van der Waals surface area contributed by atoms with Gasteiger partial charge in [0, 0.05) is 16.1 Å². The topological polar surface area (TPSA) is 83.6 Å². The second-order valence-corrected chi connectivity index (χ2v) is 5.42. The first kappa shape index (κ1) is 15.2. The lowest BCUT2D eigenvalue weighted by atomic mass is 10.1. The molecule has 0 aliphatic rings. The molecular weight excluding hydrogens is 372 g/mol. The minimum atomic E-state index is -0.946. The van der Waals surface area contributed by atoms with E-state index in [2.05, 4.69) is 41.9 Å². The molecule has 1 amide bonds. The summed E-state index contributed by atoms with van der Waals surface area (Å²) in [5.74, 6) is -2.15. The third-order valence-electron chi connectivity index (χ3n) is 2.99. The summed E-state index contributed by atoms with van der Waals surface area (Å²) < 4.78 is 27.3. The molecule has 0 fully saturated rings. The van der Waals surface area contributed by atoms with Crippen LogP contribution in [0.5, 0.6) is 0 Å². The Balaban J connectivity index is 1.96. The van der Waals surface area contributed by atoms with Gasteiger partial charge in [-0.15, -0.1) is 10.2 Å². The summed E-state index contributed by atoms with van der Waals surface area (Å²) in [6, 6.07) is 7.76. The molecule has 3 aromatic rings. The van der Waals surface area contributed by atoms with E-state index in [0.29, 0.717) is 21.8 Å². The third kappa shape index (κ3) is 3.24. The van der Waals surface area contributed by atoms with E-state index in [1.807, 2.05) is 0 Å². The lowest BCUT2D eigenvalue weighted by Gasteiger charge is -2.10. The van der Waals surface area contributed by atoms with E-state index < -0.39 is 17.5 Å². The number of hydrogen-bond donors (Lipinski definition) is 2. The number of anilines is 1. The van der Waals surface area contributed by atoms with Crippen LogP contribution in [-0.2, 0) is 0 Å². The van der Waals surface area contributed by atoms with Crippen molar-refractivity contribution in [3.05, 3.63) is 58.1 Å². The van der Waals surface area contributed by atoms with Gasteiger partial charge in [0.05, 0.1) is 11.3 Å². The van der Waals surface area contributed by atoms with Gasteiger partial charge in [-0.2, -0.15) is 5.21 Å². The van der Waals surface area contributed by atoms with E-state index >= 15 is 0 Å². The highest BCUT2D eigenvalue weighted by molar-refractivity contribution is 9.10. The maximum atomic E-state index is 13.7. The number of halogens is 3. The van der Waals surface area contributed by atoms with E-state index in [0.717, 1.165) is 12.1 Å². The van der Waals surface area contributed by atoms with Gasteiger partial charge in [-0.3, -0.25) is 4.79 Å². The second-order valence-electron chi connectivity index (χ2n) is 4.50. The molecule has 0 bridgehead atoms. The van der Waals surface area contributed by atoms with E-state index in [1.165, 1.54) is 0 Å². The molecule has 0 aliphatic carbocycles. The average Bonchev–Trinajstić information content (AvgIpc) is 3.01. The van der Waals surface area contributed by atoms with Crippen LogP contribution < -0.4 is 5.32 Å². The highest BCUT2D eigenvalue weighted by atomic mass is 79.9. The number of tetrazole rings is 1. The number of carbonyl (C=O) groups is 1. The molecule has 2 aromatic carbocycles. The Morgan fingerprint density at radius 3 is 2.70 bits per heavy atom. The maximum Gasteiger partial charge on any atom is 0.258 e. The Hall–Kier alpha value is -2.68. The van der Waals surface area contributed by atoms with Gasteiger partial charge < -0.3 is 5.32 Å². The number of carbonyl (C=O) groups excluding carboxylic acids is 1. The van der Waals surface area contributed by atoms with Crippen LogP contribution in [0.15, 0.2) is 40.9 Å². The Labute approximate surface area is 137 Å². The van der Waals surface area contributed by atoms with Crippen LogP contribution in [0.3, 0.4) is 0 Å². The minimum Gasteiger partial charge on any atom is -0.321 e. The molecule has 0 saturated carbocycles. The fourth-order valence-electron chi connectivity index (χ4n) is 1.95. The number of aromatic amines is 1. The summed E-state index contributed by atoms with van der Waals surface area (Å²) in [5.41, 5.74) is 0.581. The summed E-state index contributed by atoms with van der Waals surface area (Å²) in [6.45, 7) is 0. The molecule has 0 radical (unpaired) electrons. The van der Waals surface area contributed by atoms with Gasteiger partial charge in [-0.25, -0.2) is 8.78 Å². The molecule has 0 atom stereocenters. The van der Waals surface area contributed by atoms with Gasteiger partial charge in [-0.05, 0) is 35.5 Å². The van der Waals surface area contributed by atoms with Crippen LogP contribution in [0.1, 0.15) is 10.4 Å². The molecular formula is C14H8BrF2N5O. The second kappa shape index (κ2) is 6.21. The van der Waals surface area contributed by atoms with Crippen LogP contribution in [0.25, 0.3) is 11.4 Å². The molecule has 23 heavy (non-hydrogen) atoms. The average molecular weight is 380 g/mol. The molecule has 0 aliphatic heterocycles. The SMILES string of the molecule is O=C(Nc1cc(Br)ccc1-c1nn[nH]n1)c1ccc(F)cc1F. The van der Waals surface area contributed by atoms with Crippen molar-refractivity contribution in [1.82, 2.24) is 20.6 Å². The molecule has 2 N–H and O–H groups in total. The molecule has 0 unspecified atom stereocenters. The normalized spacial score (nSPS) is 10.6. The highest BCUT2D eigenvalue weighted by Gasteiger charge is 2.16. The molecule has 1 aromatic heterocycles.